The molecule has 1 amide bonds. The molecule has 4 rings (SSSR count). The van der Waals surface area contributed by atoms with Crippen LogP contribution in [0.3, 0.4) is 0 Å². The van der Waals surface area contributed by atoms with Crippen molar-refractivity contribution in [2.75, 3.05) is 5.32 Å². The number of aromatic hydroxyl groups is 2. The molecule has 1 aliphatic carbocycles. The monoisotopic (exact) mass is 375 g/mol. The molecule has 1 aliphatic rings. The minimum absolute atomic E-state index is 0.0439. The summed E-state index contributed by atoms with van der Waals surface area (Å²) < 4.78 is 1.23. The molecule has 2 aromatic heterocycles. The number of fused-ring (bicyclic) bond motifs is 1. The van der Waals surface area contributed by atoms with Gasteiger partial charge in [-0.3, -0.25) is 4.79 Å². The van der Waals surface area contributed by atoms with Crippen molar-refractivity contribution in [2.45, 2.75) is 6.42 Å². The Kier molecular flexibility index (Phi) is 3.59. The van der Waals surface area contributed by atoms with E-state index in [1.54, 1.807) is 24.3 Å². The highest BCUT2D eigenvalue weighted by molar-refractivity contribution is 6.40. The fourth-order valence-electron chi connectivity index (χ4n) is 2.67. The Hall–Kier alpha value is -2.70. The second-order valence-corrected chi connectivity index (χ2v) is 6.38. The molecule has 0 saturated heterocycles. The summed E-state index contributed by atoms with van der Waals surface area (Å²) in [5.74, 6) is -0.275. The van der Waals surface area contributed by atoms with Gasteiger partial charge in [-0.15, -0.1) is 0 Å². The quantitative estimate of drug-likeness (QED) is 0.508. The first-order valence-corrected chi connectivity index (χ1v) is 8.09. The van der Waals surface area contributed by atoms with Crippen LogP contribution in [0.5, 0.6) is 11.8 Å². The summed E-state index contributed by atoms with van der Waals surface area (Å²) >= 11 is 12.1. The summed E-state index contributed by atoms with van der Waals surface area (Å²) in [5, 5.41) is 23.3. The maximum absolute atomic E-state index is 12.4. The van der Waals surface area contributed by atoms with E-state index in [2.05, 4.69) is 10.3 Å². The second-order valence-electron chi connectivity index (χ2n) is 5.57. The van der Waals surface area contributed by atoms with E-state index in [1.807, 2.05) is 0 Å². The highest BCUT2D eigenvalue weighted by Gasteiger charge is 2.34. The van der Waals surface area contributed by atoms with Crippen LogP contribution in [0.15, 0.2) is 36.5 Å². The number of aromatic nitrogens is 2. The molecule has 1 aromatic carbocycles. The van der Waals surface area contributed by atoms with E-state index in [0.717, 1.165) is 0 Å². The van der Waals surface area contributed by atoms with Crippen molar-refractivity contribution in [3.63, 3.8) is 0 Å². The highest BCUT2D eigenvalue weighted by Crippen LogP contribution is 2.47. The van der Waals surface area contributed by atoms with E-state index < -0.39 is 5.91 Å². The summed E-state index contributed by atoms with van der Waals surface area (Å²) in [5.41, 5.74) is 2.00. The number of carbonyl (C=O) groups is 1. The maximum Gasteiger partial charge on any atom is 0.258 e. The maximum atomic E-state index is 12.4. The molecule has 25 heavy (non-hydrogen) atoms. The standard InChI is InChI=1S/C17H11Cl2N3O3/c18-11-2-1-3-12(19)14(11)15(23)21-8-4-5-20-13(6-8)22-16(24)9-7-10(9)17(22)25/h1-6,24-25H,7H2,(H,20,21,23). The van der Waals surface area contributed by atoms with Crippen LogP contribution >= 0.6 is 23.2 Å². The number of pyridine rings is 1. The Labute approximate surface area is 152 Å². The average molecular weight is 376 g/mol. The molecule has 0 bridgehead atoms. The van der Waals surface area contributed by atoms with Crippen LogP contribution in [0.2, 0.25) is 10.0 Å². The number of halogens is 2. The van der Waals surface area contributed by atoms with Gasteiger partial charge < -0.3 is 15.5 Å². The fraction of sp³-hybridized carbons (Fsp3) is 0.0588. The van der Waals surface area contributed by atoms with Gasteiger partial charge in [0.15, 0.2) is 0 Å². The summed E-state index contributed by atoms with van der Waals surface area (Å²) in [6, 6.07) is 7.91. The van der Waals surface area contributed by atoms with Crippen LogP contribution in [0.4, 0.5) is 5.69 Å². The first-order valence-electron chi connectivity index (χ1n) is 7.33. The van der Waals surface area contributed by atoms with Crippen LogP contribution in [0.1, 0.15) is 21.5 Å². The Morgan fingerprint density at radius 1 is 1.12 bits per heavy atom. The molecule has 0 aliphatic heterocycles. The third-order valence-electron chi connectivity index (χ3n) is 3.98. The number of amides is 1. The van der Waals surface area contributed by atoms with Gasteiger partial charge in [0.2, 0.25) is 11.8 Å². The zero-order valence-corrected chi connectivity index (χ0v) is 14.1. The Morgan fingerprint density at radius 3 is 2.40 bits per heavy atom. The molecular weight excluding hydrogens is 365 g/mol. The molecule has 0 fully saturated rings. The van der Waals surface area contributed by atoms with Crippen LogP contribution in [-0.4, -0.2) is 25.7 Å². The molecule has 3 N–H and O–H groups in total. The SMILES string of the molecule is O=C(Nc1ccnc(-n2c(O)c3c(c2O)C3)c1)c1c(Cl)cccc1Cl. The first-order chi connectivity index (χ1) is 12.0. The number of nitrogens with one attached hydrogen (secondary N) is 1. The summed E-state index contributed by atoms with van der Waals surface area (Å²) in [7, 11) is 0. The van der Waals surface area contributed by atoms with Gasteiger partial charge in [0, 0.05) is 35.5 Å². The van der Waals surface area contributed by atoms with Gasteiger partial charge in [-0.2, -0.15) is 0 Å². The van der Waals surface area contributed by atoms with Crippen molar-refractivity contribution >= 4 is 34.8 Å². The molecule has 126 valence electrons. The van der Waals surface area contributed by atoms with E-state index in [1.165, 1.54) is 16.8 Å². The molecule has 6 nitrogen and oxygen atoms in total. The van der Waals surface area contributed by atoms with Crippen molar-refractivity contribution in [3.05, 3.63) is 63.3 Å². The number of benzene rings is 1. The van der Waals surface area contributed by atoms with E-state index in [9.17, 15) is 15.0 Å². The molecule has 0 saturated carbocycles. The summed E-state index contributed by atoms with van der Waals surface area (Å²) in [6.07, 6.45) is 2.04. The zero-order valence-electron chi connectivity index (χ0n) is 12.6. The number of hydrogen-bond acceptors (Lipinski definition) is 4. The third-order valence-corrected chi connectivity index (χ3v) is 4.61. The van der Waals surface area contributed by atoms with E-state index in [4.69, 9.17) is 23.2 Å². The minimum atomic E-state index is -0.470. The number of rotatable bonds is 3. The molecular formula is C17H11Cl2N3O3. The lowest BCUT2D eigenvalue weighted by atomic mass is 10.2. The lowest BCUT2D eigenvalue weighted by Crippen LogP contribution is -2.13. The molecule has 3 aromatic rings. The minimum Gasteiger partial charge on any atom is -0.494 e. The van der Waals surface area contributed by atoms with E-state index >= 15 is 0 Å². The molecule has 0 radical (unpaired) electrons. The predicted octanol–water partition coefficient (Wildman–Crippen LogP) is 3.75. The smallest absolute Gasteiger partial charge is 0.258 e. The van der Waals surface area contributed by atoms with Crippen molar-refractivity contribution < 1.29 is 15.0 Å². The Morgan fingerprint density at radius 2 is 1.76 bits per heavy atom. The van der Waals surface area contributed by atoms with Crippen LogP contribution < -0.4 is 5.32 Å². The van der Waals surface area contributed by atoms with Gasteiger partial charge >= 0.3 is 0 Å². The topological polar surface area (TPSA) is 87.4 Å². The Bertz CT molecular complexity index is 984. The van der Waals surface area contributed by atoms with Gasteiger partial charge in [0.25, 0.3) is 5.91 Å². The van der Waals surface area contributed by atoms with Crippen molar-refractivity contribution in [2.24, 2.45) is 0 Å². The van der Waals surface area contributed by atoms with Gasteiger partial charge in [0.1, 0.15) is 5.82 Å². The van der Waals surface area contributed by atoms with Crippen molar-refractivity contribution in [1.29, 1.82) is 0 Å². The lowest BCUT2D eigenvalue weighted by Gasteiger charge is -2.11. The Balaban J connectivity index is 1.66. The van der Waals surface area contributed by atoms with Gasteiger partial charge in [-0.25, -0.2) is 9.55 Å². The van der Waals surface area contributed by atoms with E-state index in [-0.39, 0.29) is 33.2 Å². The molecule has 2 heterocycles. The largest absolute Gasteiger partial charge is 0.494 e. The van der Waals surface area contributed by atoms with Crippen molar-refractivity contribution in [3.8, 4) is 17.6 Å². The average Bonchev–Trinajstić information content (AvgIpc) is 3.31. The molecule has 8 heteroatoms. The van der Waals surface area contributed by atoms with Crippen molar-refractivity contribution in [1.82, 2.24) is 9.55 Å². The van der Waals surface area contributed by atoms with Gasteiger partial charge in [0.05, 0.1) is 15.6 Å². The molecule has 0 atom stereocenters. The fourth-order valence-corrected chi connectivity index (χ4v) is 3.24. The first kappa shape index (κ1) is 15.8. The van der Waals surface area contributed by atoms with Crippen LogP contribution in [0.25, 0.3) is 5.82 Å². The molecule has 0 unspecified atom stereocenters. The number of anilines is 1. The second kappa shape index (κ2) is 5.68. The molecule has 0 spiro atoms. The van der Waals surface area contributed by atoms with Crippen LogP contribution in [-0.2, 0) is 6.42 Å². The van der Waals surface area contributed by atoms with E-state index in [0.29, 0.717) is 23.2 Å². The normalized spacial score (nSPS) is 11.9. The zero-order chi connectivity index (χ0) is 17.7. The number of carbonyl (C=O) groups excluding carboxylic acids is 1. The lowest BCUT2D eigenvalue weighted by molar-refractivity contribution is 0.102. The predicted molar refractivity (Wildman–Crippen MR) is 94.1 cm³/mol. The number of nitrogens with zero attached hydrogens (tertiary/aromatic N) is 2. The summed E-state index contributed by atoms with van der Waals surface area (Å²) in [6.45, 7) is 0. The van der Waals surface area contributed by atoms with Gasteiger partial charge in [-0.1, -0.05) is 29.3 Å². The highest BCUT2D eigenvalue weighted by atomic mass is 35.5. The number of hydrogen-bond donors (Lipinski definition) is 3. The third kappa shape index (κ3) is 2.59. The summed E-state index contributed by atoms with van der Waals surface area (Å²) in [4.78, 5) is 16.6. The van der Waals surface area contributed by atoms with Gasteiger partial charge in [-0.05, 0) is 18.2 Å². The van der Waals surface area contributed by atoms with Crippen LogP contribution in [0, 0.1) is 0 Å².